The number of nitrogens with zero attached hydrogens (tertiary/aromatic N) is 5. The Kier molecular flexibility index (Phi) is 5.90. The van der Waals surface area contributed by atoms with Crippen LogP contribution in [-0.4, -0.2) is 27.0 Å². The molecule has 0 atom stereocenters. The van der Waals surface area contributed by atoms with Gasteiger partial charge in [0.25, 0.3) is 0 Å². The van der Waals surface area contributed by atoms with E-state index in [1.807, 2.05) is 58.0 Å². The van der Waals surface area contributed by atoms with Crippen LogP contribution in [0.2, 0.25) is 0 Å². The van der Waals surface area contributed by atoms with Crippen molar-refractivity contribution in [3.8, 4) is 6.19 Å². The fourth-order valence-corrected chi connectivity index (χ4v) is 2.05. The molecule has 0 amide bonds. The van der Waals surface area contributed by atoms with Gasteiger partial charge in [-0.1, -0.05) is 30.3 Å². The molecule has 7 heteroatoms. The maximum Gasteiger partial charge on any atom is 0.245 e. The van der Waals surface area contributed by atoms with Crippen LogP contribution in [0.15, 0.2) is 30.3 Å². The van der Waals surface area contributed by atoms with Gasteiger partial charge in [-0.2, -0.15) is 20.2 Å². The molecule has 0 aliphatic carbocycles. The molecule has 1 aromatic heterocycles. The number of nitriles is 1. The first-order chi connectivity index (χ1) is 11.5. The minimum Gasteiger partial charge on any atom is -0.352 e. The summed E-state index contributed by atoms with van der Waals surface area (Å²) in [6, 6.07) is 10.1. The summed E-state index contributed by atoms with van der Waals surface area (Å²) in [4.78, 5) is 14.6. The highest BCUT2D eigenvalue weighted by atomic mass is 15.3. The van der Waals surface area contributed by atoms with Crippen LogP contribution < -0.4 is 15.5 Å². The van der Waals surface area contributed by atoms with Crippen LogP contribution in [0.4, 0.5) is 17.8 Å². The first kappa shape index (κ1) is 17.5. The molecule has 0 aliphatic heterocycles. The van der Waals surface area contributed by atoms with Gasteiger partial charge in [0.2, 0.25) is 17.8 Å². The summed E-state index contributed by atoms with van der Waals surface area (Å²) >= 11 is 0. The zero-order valence-electron chi connectivity index (χ0n) is 14.5. The minimum absolute atomic E-state index is 0.178. The minimum atomic E-state index is 0.178. The van der Waals surface area contributed by atoms with Crippen molar-refractivity contribution in [3.63, 3.8) is 0 Å². The Balaban J connectivity index is 2.32. The van der Waals surface area contributed by atoms with E-state index in [-0.39, 0.29) is 12.1 Å². The highest BCUT2D eigenvalue weighted by Gasteiger charge is 2.15. The molecule has 0 unspecified atom stereocenters. The molecule has 0 aliphatic rings. The Morgan fingerprint density at radius 1 is 0.958 bits per heavy atom. The van der Waals surface area contributed by atoms with E-state index in [9.17, 15) is 5.26 Å². The van der Waals surface area contributed by atoms with Crippen molar-refractivity contribution in [1.82, 2.24) is 15.0 Å². The van der Waals surface area contributed by atoms with Gasteiger partial charge in [-0.05, 0) is 33.3 Å². The lowest BCUT2D eigenvalue weighted by Gasteiger charge is -2.17. The number of hydrogen-bond acceptors (Lipinski definition) is 7. The van der Waals surface area contributed by atoms with Crippen LogP contribution in [0, 0.1) is 11.5 Å². The highest BCUT2D eigenvalue weighted by Crippen LogP contribution is 2.17. The predicted molar refractivity (Wildman–Crippen MR) is 95.6 cm³/mol. The molecule has 0 saturated carbocycles. The summed E-state index contributed by atoms with van der Waals surface area (Å²) in [6.07, 6.45) is 2.15. The molecule has 2 N–H and O–H groups in total. The molecule has 0 bridgehead atoms. The smallest absolute Gasteiger partial charge is 0.245 e. The van der Waals surface area contributed by atoms with Gasteiger partial charge >= 0.3 is 0 Å². The topological polar surface area (TPSA) is 89.8 Å². The molecule has 2 rings (SSSR count). The molecule has 1 heterocycles. The van der Waals surface area contributed by atoms with Gasteiger partial charge in [-0.25, -0.2) is 4.90 Å². The summed E-state index contributed by atoms with van der Waals surface area (Å²) in [7, 11) is 0. The quantitative estimate of drug-likeness (QED) is 0.597. The number of benzene rings is 1. The zero-order valence-corrected chi connectivity index (χ0v) is 14.5. The van der Waals surface area contributed by atoms with Gasteiger partial charge in [0.15, 0.2) is 6.19 Å². The molecule has 1 aromatic carbocycles. The van der Waals surface area contributed by atoms with Crippen LogP contribution in [0.25, 0.3) is 0 Å². The number of hydrogen-bond donors (Lipinski definition) is 2. The summed E-state index contributed by atoms with van der Waals surface area (Å²) < 4.78 is 0. The first-order valence-corrected chi connectivity index (χ1v) is 7.98. The largest absolute Gasteiger partial charge is 0.352 e. The Labute approximate surface area is 142 Å². The second-order valence-electron chi connectivity index (χ2n) is 6.05. The second-order valence-corrected chi connectivity index (χ2v) is 6.05. The summed E-state index contributed by atoms with van der Waals surface area (Å²) in [5.74, 6) is 1.22. The number of anilines is 3. The molecular weight excluding hydrogens is 302 g/mol. The molecule has 126 valence electrons. The Hall–Kier alpha value is -2.88. The lowest BCUT2D eigenvalue weighted by atomic mass is 10.2. The average molecular weight is 325 g/mol. The monoisotopic (exact) mass is 325 g/mol. The first-order valence-electron chi connectivity index (χ1n) is 7.98. The fourth-order valence-electron chi connectivity index (χ4n) is 2.05. The van der Waals surface area contributed by atoms with Crippen LogP contribution in [0.5, 0.6) is 0 Å². The van der Waals surface area contributed by atoms with Crippen molar-refractivity contribution in [1.29, 1.82) is 5.26 Å². The molecule has 7 nitrogen and oxygen atoms in total. The average Bonchev–Trinajstić information content (AvgIpc) is 2.52. The van der Waals surface area contributed by atoms with Crippen molar-refractivity contribution in [2.45, 2.75) is 46.3 Å². The van der Waals surface area contributed by atoms with E-state index >= 15 is 0 Å². The zero-order chi connectivity index (χ0) is 17.5. The highest BCUT2D eigenvalue weighted by molar-refractivity contribution is 5.47. The van der Waals surface area contributed by atoms with Gasteiger partial charge in [0.1, 0.15) is 0 Å². The molecule has 2 aromatic rings. The van der Waals surface area contributed by atoms with E-state index in [4.69, 9.17) is 0 Å². The standard InChI is InChI=1S/C17H23N7/c1-12(2)19-15-21-16(20-13(3)4)23-17(22-15)24(11-18)10-14-8-6-5-7-9-14/h5-9,12-13H,10H2,1-4H3,(H2,19,20,21,22,23). The molecule has 0 fully saturated rings. The van der Waals surface area contributed by atoms with E-state index in [0.717, 1.165) is 5.56 Å². The molecule has 0 saturated heterocycles. The van der Waals surface area contributed by atoms with E-state index < -0.39 is 0 Å². The van der Waals surface area contributed by atoms with Crippen LogP contribution in [0.1, 0.15) is 33.3 Å². The van der Waals surface area contributed by atoms with Crippen molar-refractivity contribution in [2.24, 2.45) is 0 Å². The second kappa shape index (κ2) is 8.11. The van der Waals surface area contributed by atoms with Crippen LogP contribution >= 0.6 is 0 Å². The predicted octanol–water partition coefficient (Wildman–Crippen LogP) is 3.00. The van der Waals surface area contributed by atoms with E-state index in [1.165, 1.54) is 4.90 Å². The Morgan fingerprint density at radius 2 is 1.50 bits per heavy atom. The third-order valence-electron chi connectivity index (χ3n) is 3.00. The summed E-state index contributed by atoms with van der Waals surface area (Å²) in [5.41, 5.74) is 1.01. The van der Waals surface area contributed by atoms with E-state index in [1.54, 1.807) is 0 Å². The summed E-state index contributed by atoms with van der Waals surface area (Å²) in [5, 5.41) is 15.8. The molecule has 24 heavy (non-hydrogen) atoms. The SMILES string of the molecule is CC(C)Nc1nc(NC(C)C)nc(N(C#N)Cc2ccccc2)n1. The number of aromatic nitrogens is 3. The summed E-state index contributed by atoms with van der Waals surface area (Å²) in [6.45, 7) is 8.43. The Bertz CT molecular complexity index is 664. The number of rotatable bonds is 7. The van der Waals surface area contributed by atoms with E-state index in [0.29, 0.717) is 24.4 Å². The van der Waals surface area contributed by atoms with Crippen molar-refractivity contribution in [2.75, 3.05) is 15.5 Å². The molecule has 0 radical (unpaired) electrons. The van der Waals surface area contributed by atoms with Gasteiger partial charge < -0.3 is 10.6 Å². The van der Waals surface area contributed by atoms with Crippen LogP contribution in [-0.2, 0) is 6.54 Å². The normalized spacial score (nSPS) is 10.5. The number of nitrogens with one attached hydrogen (secondary N) is 2. The molecule has 0 spiro atoms. The van der Waals surface area contributed by atoms with E-state index in [2.05, 4.69) is 31.8 Å². The van der Waals surface area contributed by atoms with Crippen molar-refractivity contribution in [3.05, 3.63) is 35.9 Å². The third kappa shape index (κ3) is 5.09. The third-order valence-corrected chi connectivity index (χ3v) is 3.00. The van der Waals surface area contributed by atoms with Crippen molar-refractivity contribution >= 4 is 17.8 Å². The fraction of sp³-hybridized carbons (Fsp3) is 0.412. The van der Waals surface area contributed by atoms with Crippen molar-refractivity contribution < 1.29 is 0 Å². The lowest BCUT2D eigenvalue weighted by molar-refractivity contribution is 0.829. The van der Waals surface area contributed by atoms with Gasteiger partial charge in [0.05, 0.1) is 6.54 Å². The van der Waals surface area contributed by atoms with Gasteiger partial charge in [0, 0.05) is 12.1 Å². The van der Waals surface area contributed by atoms with Crippen LogP contribution in [0.3, 0.4) is 0 Å². The van der Waals surface area contributed by atoms with Gasteiger partial charge in [-0.15, -0.1) is 0 Å². The van der Waals surface area contributed by atoms with Gasteiger partial charge in [-0.3, -0.25) is 0 Å². The maximum atomic E-state index is 9.52. The lowest BCUT2D eigenvalue weighted by Crippen LogP contribution is -2.23. The Morgan fingerprint density at radius 3 is 1.96 bits per heavy atom. The maximum absolute atomic E-state index is 9.52. The molecular formula is C17H23N7.